The van der Waals surface area contributed by atoms with E-state index in [1.165, 1.54) is 6.08 Å². The van der Waals surface area contributed by atoms with E-state index in [4.69, 9.17) is 9.47 Å². The van der Waals surface area contributed by atoms with Crippen LogP contribution in [0.4, 0.5) is 4.39 Å². The number of hydrogen-bond acceptors (Lipinski definition) is 6. The molecule has 1 aliphatic heterocycles. The predicted molar refractivity (Wildman–Crippen MR) is 109 cm³/mol. The number of halogens is 1. The van der Waals surface area contributed by atoms with Crippen molar-refractivity contribution in [1.82, 2.24) is 0 Å². The summed E-state index contributed by atoms with van der Waals surface area (Å²) in [4.78, 5) is 25.1. The average molecular weight is 435 g/mol. The van der Waals surface area contributed by atoms with Crippen molar-refractivity contribution >= 4 is 11.6 Å². The molecule has 31 heavy (non-hydrogen) atoms. The zero-order valence-corrected chi connectivity index (χ0v) is 18.5. The molecule has 5 aliphatic rings. The lowest BCUT2D eigenvalue weighted by Gasteiger charge is -2.62. The molecule has 2 saturated carbocycles. The van der Waals surface area contributed by atoms with Crippen LogP contribution in [0.3, 0.4) is 0 Å². The first-order valence-corrected chi connectivity index (χ1v) is 11.2. The number of alkyl halides is 1. The van der Waals surface area contributed by atoms with E-state index in [0.29, 0.717) is 12.8 Å². The smallest absolute Gasteiger partial charge is 0.193 e. The summed E-state index contributed by atoms with van der Waals surface area (Å²) in [5.41, 5.74) is -4.68. The maximum absolute atomic E-state index is 17.1. The highest BCUT2D eigenvalue weighted by molar-refractivity contribution is 5.94. The molecule has 1 saturated heterocycles. The van der Waals surface area contributed by atoms with Crippen molar-refractivity contribution < 1.29 is 33.7 Å². The fourth-order valence-corrected chi connectivity index (χ4v) is 7.83. The predicted octanol–water partition coefficient (Wildman–Crippen LogP) is 2.42. The highest BCUT2D eigenvalue weighted by atomic mass is 19.1. The van der Waals surface area contributed by atoms with Crippen molar-refractivity contribution in [2.45, 2.75) is 82.6 Å². The van der Waals surface area contributed by atoms with Crippen LogP contribution < -0.4 is 0 Å². The average Bonchev–Trinajstić information content (AvgIpc) is 3.09. The largest absolute Gasteiger partial charge is 0.390 e. The lowest BCUT2D eigenvalue weighted by molar-refractivity contribution is -0.243. The van der Waals surface area contributed by atoms with E-state index >= 15 is 4.39 Å². The molecule has 0 bridgehead atoms. The Morgan fingerprint density at radius 3 is 2.65 bits per heavy atom. The molecule has 5 rings (SSSR count). The van der Waals surface area contributed by atoms with Gasteiger partial charge in [-0.2, -0.15) is 0 Å². The van der Waals surface area contributed by atoms with Crippen LogP contribution in [0, 0.1) is 22.7 Å². The first-order chi connectivity index (χ1) is 14.4. The molecular weight excluding hydrogens is 403 g/mol. The maximum Gasteiger partial charge on any atom is 0.193 e. The molecule has 170 valence electrons. The number of allylic oxidation sites excluding steroid dienone is 4. The van der Waals surface area contributed by atoms with E-state index in [2.05, 4.69) is 0 Å². The Morgan fingerprint density at radius 2 is 1.97 bits per heavy atom. The quantitative estimate of drug-likeness (QED) is 0.649. The van der Waals surface area contributed by atoms with Gasteiger partial charge >= 0.3 is 0 Å². The molecule has 0 aromatic rings. The Hall–Kier alpha value is -1.41. The number of ether oxygens (including phenoxy) is 2. The van der Waals surface area contributed by atoms with Gasteiger partial charge in [-0.1, -0.05) is 24.6 Å². The van der Waals surface area contributed by atoms with E-state index in [-0.39, 0.29) is 24.5 Å². The topological polar surface area (TPSA) is 93.1 Å². The van der Waals surface area contributed by atoms with Crippen LogP contribution in [0.5, 0.6) is 0 Å². The minimum absolute atomic E-state index is 0.0109. The number of ketones is 2. The SMILES string of the molecule is CC1(C)O[C@@H]2CC3C4CC=C5CC(=O)C=CC5(C)[C@@]4(F)C(O)CC3(C)C2(C(=O)CO)O1. The lowest BCUT2D eigenvalue weighted by Crippen LogP contribution is -2.69. The third-order valence-electron chi connectivity index (χ3n) is 9.16. The van der Waals surface area contributed by atoms with E-state index in [1.807, 2.05) is 13.0 Å². The first-order valence-electron chi connectivity index (χ1n) is 11.2. The monoisotopic (exact) mass is 434 g/mol. The third-order valence-corrected chi connectivity index (χ3v) is 9.16. The van der Waals surface area contributed by atoms with Crippen LogP contribution in [0.25, 0.3) is 0 Å². The van der Waals surface area contributed by atoms with Gasteiger partial charge in [0.05, 0.1) is 12.2 Å². The van der Waals surface area contributed by atoms with Gasteiger partial charge in [-0.05, 0) is 52.0 Å². The molecular formula is C24H31FO6. The molecule has 0 aromatic heterocycles. The summed E-state index contributed by atoms with van der Waals surface area (Å²) >= 11 is 0. The number of hydrogen-bond donors (Lipinski definition) is 2. The molecule has 1 heterocycles. The van der Waals surface area contributed by atoms with Crippen molar-refractivity contribution in [3.63, 3.8) is 0 Å². The first kappa shape index (κ1) is 21.4. The number of Topliss-reactive ketones (excluding diaryl/α,β-unsaturated/α-hetero) is 1. The molecule has 7 heteroatoms. The van der Waals surface area contributed by atoms with E-state index in [1.54, 1.807) is 26.8 Å². The van der Waals surface area contributed by atoms with Gasteiger partial charge in [0.15, 0.2) is 28.6 Å². The van der Waals surface area contributed by atoms with E-state index in [0.717, 1.165) is 5.57 Å². The van der Waals surface area contributed by atoms with Crippen molar-refractivity contribution in [1.29, 1.82) is 0 Å². The van der Waals surface area contributed by atoms with Gasteiger partial charge in [0.1, 0.15) is 6.61 Å². The van der Waals surface area contributed by atoms with Crippen LogP contribution >= 0.6 is 0 Å². The fourth-order valence-electron chi connectivity index (χ4n) is 7.83. The second-order valence-electron chi connectivity index (χ2n) is 10.9. The molecule has 0 amide bonds. The minimum atomic E-state index is -1.98. The fraction of sp³-hybridized carbons (Fsp3) is 0.750. The highest BCUT2D eigenvalue weighted by Crippen LogP contribution is 2.71. The van der Waals surface area contributed by atoms with E-state index < -0.39 is 58.4 Å². The van der Waals surface area contributed by atoms with Gasteiger partial charge in [-0.25, -0.2) is 4.39 Å². The highest BCUT2D eigenvalue weighted by Gasteiger charge is 2.79. The summed E-state index contributed by atoms with van der Waals surface area (Å²) in [7, 11) is 0. The number of rotatable bonds is 2. The molecule has 0 aromatic carbocycles. The summed E-state index contributed by atoms with van der Waals surface area (Å²) in [6, 6.07) is 0. The van der Waals surface area contributed by atoms with Crippen molar-refractivity contribution in [3.05, 3.63) is 23.8 Å². The maximum atomic E-state index is 17.1. The van der Waals surface area contributed by atoms with Crippen molar-refractivity contribution in [3.8, 4) is 0 Å². The van der Waals surface area contributed by atoms with Crippen LogP contribution in [0.15, 0.2) is 23.8 Å². The summed E-state index contributed by atoms with van der Waals surface area (Å²) < 4.78 is 29.5. The number of fused-ring (bicyclic) bond motifs is 7. The molecule has 6 nitrogen and oxygen atoms in total. The van der Waals surface area contributed by atoms with Crippen LogP contribution in [0.2, 0.25) is 0 Å². The molecule has 8 atom stereocenters. The van der Waals surface area contributed by atoms with Crippen LogP contribution in [-0.2, 0) is 19.1 Å². The van der Waals surface area contributed by atoms with Gasteiger partial charge in [-0.3, -0.25) is 9.59 Å². The molecule has 0 radical (unpaired) electrons. The standard InChI is InChI=1S/C24H31FO6/c1-20(2)30-19-10-16-15-6-5-13-9-14(27)7-8-21(13,3)23(15,25)17(28)11-22(16,4)24(19,31-20)18(29)12-26/h5,7-8,15-17,19,26,28H,6,9-12H2,1-4H3/t15?,16?,17?,19-,21?,22?,23+,24?/m1/s1. The Labute approximate surface area is 181 Å². The van der Waals surface area contributed by atoms with Crippen molar-refractivity contribution in [2.24, 2.45) is 22.7 Å². The summed E-state index contributed by atoms with van der Waals surface area (Å²) in [5, 5.41) is 21.2. The molecule has 2 N–H and O–H groups in total. The van der Waals surface area contributed by atoms with Gasteiger partial charge in [0, 0.05) is 23.2 Å². The second-order valence-corrected chi connectivity index (χ2v) is 10.9. The Bertz CT molecular complexity index is 925. The number of aliphatic hydroxyl groups is 2. The Balaban J connectivity index is 1.65. The zero-order chi connectivity index (χ0) is 22.6. The van der Waals surface area contributed by atoms with Gasteiger partial charge in [-0.15, -0.1) is 0 Å². The number of carbonyl (C=O) groups excluding carboxylic acids is 2. The van der Waals surface area contributed by atoms with Crippen LogP contribution in [-0.4, -0.2) is 57.7 Å². The number of carbonyl (C=O) groups is 2. The van der Waals surface area contributed by atoms with E-state index in [9.17, 15) is 19.8 Å². The van der Waals surface area contributed by atoms with Crippen molar-refractivity contribution in [2.75, 3.05) is 6.61 Å². The Kier molecular flexibility index (Phi) is 4.24. The molecule has 4 aliphatic carbocycles. The van der Waals surface area contributed by atoms with Gasteiger partial charge < -0.3 is 19.7 Å². The van der Waals surface area contributed by atoms with Crippen LogP contribution in [0.1, 0.15) is 53.4 Å². The van der Waals surface area contributed by atoms with Gasteiger partial charge in [0.2, 0.25) is 0 Å². The minimum Gasteiger partial charge on any atom is -0.390 e. The lowest BCUT2D eigenvalue weighted by atomic mass is 9.45. The van der Waals surface area contributed by atoms with Gasteiger partial charge in [0.25, 0.3) is 0 Å². The summed E-state index contributed by atoms with van der Waals surface area (Å²) in [6.45, 7) is 6.40. The second kappa shape index (κ2) is 6.13. The zero-order valence-electron chi connectivity index (χ0n) is 18.5. The molecule has 3 fully saturated rings. The summed E-state index contributed by atoms with van der Waals surface area (Å²) in [5.74, 6) is -2.42. The molecule has 6 unspecified atom stereocenters. The normalized spacial score (nSPS) is 52.1. The summed E-state index contributed by atoms with van der Waals surface area (Å²) in [6.07, 6.45) is 3.97. The molecule has 0 spiro atoms. The number of aliphatic hydroxyl groups excluding tert-OH is 2. The third kappa shape index (κ3) is 2.31. The Morgan fingerprint density at radius 1 is 1.26 bits per heavy atom.